The van der Waals surface area contributed by atoms with Gasteiger partial charge in [-0.2, -0.15) is 0 Å². The van der Waals surface area contributed by atoms with E-state index in [4.69, 9.17) is 9.72 Å². The number of carbonyl (C=O) groups is 2. The van der Waals surface area contributed by atoms with Crippen molar-refractivity contribution in [2.24, 2.45) is 0 Å². The molecule has 0 bridgehead atoms. The van der Waals surface area contributed by atoms with Gasteiger partial charge in [-0.15, -0.1) is 0 Å². The molecule has 8 heteroatoms. The number of anilines is 1. The molecule has 2 N–H and O–H groups in total. The van der Waals surface area contributed by atoms with Crippen LogP contribution in [0, 0.1) is 6.92 Å². The fraction of sp³-hybridized carbons (Fsp3) is 0.257. The van der Waals surface area contributed by atoms with E-state index in [0.29, 0.717) is 48.9 Å². The minimum Gasteiger partial charge on any atom is -0.378 e. The standard InChI is InChI=1S/C35H35N5O3/c1-22-27(6-5-7-29(22)37-33(41)24-12-14-26(15-13-24)35(2,3)4)28-16-17-36-32-30(28)38-31(39-32)23-8-10-25(11-9-23)34(42)40-18-20-43-21-19-40/h5-17H,18-21H2,1-4H3,(H,37,41)(H,36,38,39). The summed E-state index contributed by atoms with van der Waals surface area (Å²) in [7, 11) is 0. The number of nitrogens with one attached hydrogen (secondary N) is 2. The predicted octanol–water partition coefficient (Wildman–Crippen LogP) is 6.62. The largest absolute Gasteiger partial charge is 0.378 e. The number of hydrogen-bond donors (Lipinski definition) is 2. The number of amides is 2. The molecule has 0 radical (unpaired) electrons. The summed E-state index contributed by atoms with van der Waals surface area (Å²) in [5.41, 5.74) is 8.29. The zero-order chi connectivity index (χ0) is 30.1. The Balaban J connectivity index is 1.26. The summed E-state index contributed by atoms with van der Waals surface area (Å²) in [6.45, 7) is 10.8. The first-order chi connectivity index (χ1) is 20.7. The van der Waals surface area contributed by atoms with E-state index < -0.39 is 0 Å². The molecule has 3 heterocycles. The molecule has 1 aliphatic heterocycles. The van der Waals surface area contributed by atoms with Gasteiger partial charge in [-0.1, -0.05) is 57.2 Å². The van der Waals surface area contributed by atoms with E-state index in [-0.39, 0.29) is 17.2 Å². The Bertz CT molecular complexity index is 1790. The molecule has 3 aromatic carbocycles. The van der Waals surface area contributed by atoms with Crippen LogP contribution in [0.1, 0.15) is 52.6 Å². The number of aromatic amines is 1. The normalized spacial score (nSPS) is 13.7. The van der Waals surface area contributed by atoms with Crippen molar-refractivity contribution in [2.75, 3.05) is 31.6 Å². The monoisotopic (exact) mass is 573 g/mol. The Kier molecular flexibility index (Phi) is 7.54. The number of imidazole rings is 1. The fourth-order valence-electron chi connectivity index (χ4n) is 5.37. The van der Waals surface area contributed by atoms with Crippen LogP contribution >= 0.6 is 0 Å². The van der Waals surface area contributed by atoms with E-state index in [2.05, 4.69) is 36.1 Å². The maximum absolute atomic E-state index is 13.1. The minimum absolute atomic E-state index is 0.00720. The molecule has 43 heavy (non-hydrogen) atoms. The van der Waals surface area contributed by atoms with E-state index >= 15 is 0 Å². The van der Waals surface area contributed by atoms with Crippen molar-refractivity contribution >= 4 is 28.7 Å². The number of aromatic nitrogens is 3. The van der Waals surface area contributed by atoms with Gasteiger partial charge in [0.2, 0.25) is 0 Å². The van der Waals surface area contributed by atoms with Gasteiger partial charge in [-0.05, 0) is 65.4 Å². The Morgan fingerprint density at radius 2 is 1.58 bits per heavy atom. The average Bonchev–Trinajstić information content (AvgIpc) is 3.47. The van der Waals surface area contributed by atoms with E-state index in [1.54, 1.807) is 6.20 Å². The lowest BCUT2D eigenvalue weighted by Crippen LogP contribution is -2.40. The minimum atomic E-state index is -0.153. The van der Waals surface area contributed by atoms with Crippen LogP contribution in [0.3, 0.4) is 0 Å². The highest BCUT2D eigenvalue weighted by Gasteiger charge is 2.20. The number of ether oxygens (including phenoxy) is 1. The molecule has 1 aliphatic rings. The van der Waals surface area contributed by atoms with Crippen molar-refractivity contribution in [3.8, 4) is 22.5 Å². The van der Waals surface area contributed by atoms with Gasteiger partial charge < -0.3 is 19.9 Å². The van der Waals surface area contributed by atoms with E-state index in [1.807, 2.05) is 84.6 Å². The lowest BCUT2D eigenvalue weighted by atomic mass is 9.86. The first-order valence-electron chi connectivity index (χ1n) is 14.5. The number of rotatable bonds is 5. The van der Waals surface area contributed by atoms with E-state index in [0.717, 1.165) is 33.5 Å². The van der Waals surface area contributed by atoms with Crippen LogP contribution in [0.5, 0.6) is 0 Å². The SMILES string of the molecule is Cc1c(NC(=O)c2ccc(C(C)(C)C)cc2)cccc1-c1ccnc2nc(-c3ccc(C(=O)N4CCOCC4)cc3)[nH]c12. The van der Waals surface area contributed by atoms with Crippen LogP contribution in [0.25, 0.3) is 33.7 Å². The van der Waals surface area contributed by atoms with Crippen LogP contribution in [-0.4, -0.2) is 58.0 Å². The van der Waals surface area contributed by atoms with Crippen molar-refractivity contribution < 1.29 is 14.3 Å². The third-order valence-corrected chi connectivity index (χ3v) is 7.98. The number of morpholine rings is 1. The fourth-order valence-corrected chi connectivity index (χ4v) is 5.37. The van der Waals surface area contributed by atoms with Gasteiger partial charge >= 0.3 is 0 Å². The number of benzene rings is 3. The third kappa shape index (κ3) is 5.79. The second-order valence-corrected chi connectivity index (χ2v) is 11.9. The van der Waals surface area contributed by atoms with Crippen molar-refractivity contribution in [1.82, 2.24) is 19.9 Å². The number of carbonyl (C=O) groups excluding carboxylic acids is 2. The van der Waals surface area contributed by atoms with Gasteiger partial charge in [-0.3, -0.25) is 9.59 Å². The Morgan fingerprint density at radius 3 is 2.28 bits per heavy atom. The third-order valence-electron chi connectivity index (χ3n) is 7.98. The second-order valence-electron chi connectivity index (χ2n) is 11.9. The van der Waals surface area contributed by atoms with Crippen LogP contribution in [-0.2, 0) is 10.2 Å². The van der Waals surface area contributed by atoms with Crippen molar-refractivity contribution in [3.63, 3.8) is 0 Å². The van der Waals surface area contributed by atoms with Gasteiger partial charge in [0.1, 0.15) is 5.82 Å². The molecule has 0 atom stereocenters. The van der Waals surface area contributed by atoms with Gasteiger partial charge in [0.25, 0.3) is 11.8 Å². The van der Waals surface area contributed by atoms with Crippen LogP contribution in [0.4, 0.5) is 5.69 Å². The molecule has 0 spiro atoms. The average molecular weight is 574 g/mol. The molecule has 218 valence electrons. The number of fused-ring (bicyclic) bond motifs is 1. The molecule has 0 unspecified atom stereocenters. The second kappa shape index (κ2) is 11.5. The quantitative estimate of drug-likeness (QED) is 0.246. The molecule has 1 fully saturated rings. The molecule has 2 aromatic heterocycles. The number of H-pyrrole nitrogens is 1. The summed E-state index contributed by atoms with van der Waals surface area (Å²) in [4.78, 5) is 40.5. The van der Waals surface area contributed by atoms with Gasteiger partial charge in [0.05, 0.1) is 18.7 Å². The lowest BCUT2D eigenvalue weighted by molar-refractivity contribution is 0.0303. The van der Waals surface area contributed by atoms with Crippen LogP contribution in [0.2, 0.25) is 0 Å². The highest BCUT2D eigenvalue weighted by Crippen LogP contribution is 2.34. The maximum atomic E-state index is 13.1. The number of nitrogens with zero attached hydrogens (tertiary/aromatic N) is 3. The van der Waals surface area contributed by atoms with E-state index in [1.165, 1.54) is 5.56 Å². The van der Waals surface area contributed by atoms with Crippen molar-refractivity contribution in [3.05, 3.63) is 101 Å². The Morgan fingerprint density at radius 1 is 0.884 bits per heavy atom. The summed E-state index contributed by atoms with van der Waals surface area (Å²) in [6.07, 6.45) is 1.74. The van der Waals surface area contributed by atoms with Gasteiger partial charge in [0.15, 0.2) is 5.65 Å². The van der Waals surface area contributed by atoms with Crippen LogP contribution in [0.15, 0.2) is 79.0 Å². The summed E-state index contributed by atoms with van der Waals surface area (Å²) in [6, 6.07) is 23.1. The predicted molar refractivity (Wildman–Crippen MR) is 169 cm³/mol. The topological polar surface area (TPSA) is 100 Å². The molecule has 2 amide bonds. The van der Waals surface area contributed by atoms with Gasteiger partial charge in [0, 0.05) is 47.2 Å². The maximum Gasteiger partial charge on any atom is 0.255 e. The lowest BCUT2D eigenvalue weighted by Gasteiger charge is -2.26. The zero-order valence-electron chi connectivity index (χ0n) is 24.9. The summed E-state index contributed by atoms with van der Waals surface area (Å²) in [5, 5.41) is 3.09. The van der Waals surface area contributed by atoms with Crippen molar-refractivity contribution in [1.29, 1.82) is 0 Å². The molecule has 1 saturated heterocycles. The van der Waals surface area contributed by atoms with Crippen molar-refractivity contribution in [2.45, 2.75) is 33.1 Å². The zero-order valence-corrected chi connectivity index (χ0v) is 24.9. The van der Waals surface area contributed by atoms with Crippen LogP contribution < -0.4 is 5.32 Å². The molecule has 6 rings (SSSR count). The highest BCUT2D eigenvalue weighted by molar-refractivity contribution is 6.05. The first-order valence-corrected chi connectivity index (χ1v) is 14.5. The molecule has 0 saturated carbocycles. The smallest absolute Gasteiger partial charge is 0.255 e. The molecular formula is C35H35N5O3. The Labute approximate surface area is 251 Å². The highest BCUT2D eigenvalue weighted by atomic mass is 16.5. The summed E-state index contributed by atoms with van der Waals surface area (Å²) < 4.78 is 5.36. The summed E-state index contributed by atoms with van der Waals surface area (Å²) >= 11 is 0. The molecular weight excluding hydrogens is 538 g/mol. The molecule has 0 aliphatic carbocycles. The molecule has 5 aromatic rings. The molecule has 8 nitrogen and oxygen atoms in total. The number of hydrogen-bond acceptors (Lipinski definition) is 5. The van der Waals surface area contributed by atoms with Gasteiger partial charge in [-0.25, -0.2) is 9.97 Å². The Hall–Kier alpha value is -4.82. The first kappa shape index (κ1) is 28.3. The van der Waals surface area contributed by atoms with E-state index in [9.17, 15) is 9.59 Å². The summed E-state index contributed by atoms with van der Waals surface area (Å²) in [5.74, 6) is 0.522. The number of pyridine rings is 1.